The van der Waals surface area contributed by atoms with Crippen molar-refractivity contribution in [2.24, 2.45) is 0 Å². The average Bonchev–Trinajstić information content (AvgIpc) is 3.18. The number of thioether (sulfide) groups is 1. The van der Waals surface area contributed by atoms with Gasteiger partial charge in [-0.3, -0.25) is 29.0 Å². The molecular weight excluding hydrogens is 444 g/mol. The zero-order valence-corrected chi connectivity index (χ0v) is 19.4. The van der Waals surface area contributed by atoms with Crippen molar-refractivity contribution in [3.8, 4) is 0 Å². The van der Waals surface area contributed by atoms with E-state index in [2.05, 4.69) is 12.6 Å². The van der Waals surface area contributed by atoms with Crippen LogP contribution in [0.4, 0.5) is 0 Å². The predicted molar refractivity (Wildman–Crippen MR) is 119 cm³/mol. The highest BCUT2D eigenvalue weighted by molar-refractivity contribution is 8.00. The van der Waals surface area contributed by atoms with Gasteiger partial charge in [0.25, 0.3) is 11.8 Å². The van der Waals surface area contributed by atoms with Crippen molar-refractivity contribution in [2.45, 2.75) is 30.3 Å². The van der Waals surface area contributed by atoms with E-state index in [1.807, 2.05) is 6.92 Å². The number of amides is 4. The van der Waals surface area contributed by atoms with Crippen molar-refractivity contribution in [1.29, 1.82) is 0 Å². The van der Waals surface area contributed by atoms with Gasteiger partial charge in [-0.05, 0) is 17.4 Å². The summed E-state index contributed by atoms with van der Waals surface area (Å²) in [6.45, 7) is 4.40. The third-order valence-electron chi connectivity index (χ3n) is 4.62. The molecular formula is C20H30N2O7S2. The number of carbonyl (C=O) groups is 4. The van der Waals surface area contributed by atoms with Gasteiger partial charge in [-0.1, -0.05) is 6.92 Å². The molecule has 0 N–H and O–H groups in total. The van der Waals surface area contributed by atoms with Gasteiger partial charge < -0.3 is 14.2 Å². The molecule has 2 heterocycles. The molecule has 0 aliphatic carbocycles. The van der Waals surface area contributed by atoms with Crippen molar-refractivity contribution in [1.82, 2.24) is 9.80 Å². The summed E-state index contributed by atoms with van der Waals surface area (Å²) < 4.78 is 16.2. The van der Waals surface area contributed by atoms with E-state index in [0.717, 1.165) is 17.1 Å². The molecule has 2 rings (SSSR count). The maximum Gasteiger partial charge on any atom is 0.253 e. The molecule has 2 unspecified atom stereocenters. The predicted octanol–water partition coefficient (Wildman–Crippen LogP) is 0.530. The topological polar surface area (TPSA) is 102 Å². The number of rotatable bonds is 16. The van der Waals surface area contributed by atoms with E-state index in [1.165, 1.54) is 28.8 Å². The lowest BCUT2D eigenvalue weighted by atomic mass is 10.3. The number of hydrogen-bond acceptors (Lipinski definition) is 9. The van der Waals surface area contributed by atoms with Gasteiger partial charge in [-0.25, -0.2) is 0 Å². The molecule has 1 fully saturated rings. The van der Waals surface area contributed by atoms with Crippen LogP contribution in [0.5, 0.6) is 0 Å². The lowest BCUT2D eigenvalue weighted by Crippen LogP contribution is -2.34. The molecule has 0 aromatic heterocycles. The summed E-state index contributed by atoms with van der Waals surface area (Å²) in [5.41, 5.74) is 0. The highest BCUT2D eigenvalue weighted by Crippen LogP contribution is 2.26. The van der Waals surface area contributed by atoms with Gasteiger partial charge in [0.15, 0.2) is 0 Å². The molecule has 174 valence electrons. The number of hydrogen-bond donors (Lipinski definition) is 1. The van der Waals surface area contributed by atoms with Gasteiger partial charge in [0.1, 0.15) is 0 Å². The van der Waals surface area contributed by atoms with E-state index in [4.69, 9.17) is 14.2 Å². The maximum atomic E-state index is 12.3. The van der Waals surface area contributed by atoms with Crippen LogP contribution in [0.1, 0.15) is 19.8 Å². The minimum Gasteiger partial charge on any atom is -0.377 e. The van der Waals surface area contributed by atoms with Gasteiger partial charge in [0.2, 0.25) is 11.8 Å². The normalized spacial score (nSPS) is 19.9. The van der Waals surface area contributed by atoms with E-state index in [1.54, 1.807) is 0 Å². The van der Waals surface area contributed by atoms with Gasteiger partial charge in [-0.2, -0.15) is 12.6 Å². The second-order valence-electron chi connectivity index (χ2n) is 7.08. The molecule has 2 aliphatic rings. The summed E-state index contributed by atoms with van der Waals surface area (Å²) in [6, 6.07) is 0. The Hall–Kier alpha value is -1.40. The van der Waals surface area contributed by atoms with E-state index in [-0.39, 0.29) is 66.9 Å². The number of nitrogens with zero attached hydrogens (tertiary/aromatic N) is 2. The third-order valence-corrected chi connectivity index (χ3v) is 6.12. The SMILES string of the molecule is CC(S)CCSC1CC(=O)N(CCOCCOCCOCCN2C(=O)C=CC2=O)C1=O. The van der Waals surface area contributed by atoms with Crippen LogP contribution in [0.3, 0.4) is 0 Å². The van der Waals surface area contributed by atoms with Crippen LogP contribution in [-0.2, 0) is 33.4 Å². The molecule has 1 saturated heterocycles. The molecule has 31 heavy (non-hydrogen) atoms. The summed E-state index contributed by atoms with van der Waals surface area (Å²) in [7, 11) is 0. The highest BCUT2D eigenvalue weighted by atomic mass is 32.2. The minimum atomic E-state index is -0.322. The Bertz CT molecular complexity index is 654. The Morgan fingerprint density at radius 1 is 0.935 bits per heavy atom. The quantitative estimate of drug-likeness (QED) is 0.196. The molecule has 2 aliphatic heterocycles. The fraction of sp³-hybridized carbons (Fsp3) is 0.700. The molecule has 9 nitrogen and oxygen atoms in total. The summed E-state index contributed by atoms with van der Waals surface area (Å²) in [5, 5.41) is -0.0114. The van der Waals surface area contributed by atoms with Gasteiger partial charge in [-0.15, -0.1) is 11.8 Å². The second-order valence-corrected chi connectivity index (χ2v) is 9.28. The Kier molecular flexibility index (Phi) is 11.6. The van der Waals surface area contributed by atoms with Gasteiger partial charge in [0, 0.05) is 18.6 Å². The Morgan fingerprint density at radius 3 is 2.00 bits per heavy atom. The zero-order chi connectivity index (χ0) is 22.6. The largest absolute Gasteiger partial charge is 0.377 e. The first-order valence-electron chi connectivity index (χ1n) is 10.3. The fourth-order valence-electron chi connectivity index (χ4n) is 2.90. The maximum absolute atomic E-state index is 12.3. The Labute approximate surface area is 192 Å². The third kappa shape index (κ3) is 8.93. The number of ether oxygens (including phenoxy) is 3. The summed E-state index contributed by atoms with van der Waals surface area (Å²) in [5.74, 6) is -0.113. The monoisotopic (exact) mass is 474 g/mol. The first-order chi connectivity index (χ1) is 14.9. The molecule has 0 radical (unpaired) electrons. The van der Waals surface area contributed by atoms with Crippen LogP contribution in [0, 0.1) is 0 Å². The van der Waals surface area contributed by atoms with E-state index in [9.17, 15) is 19.2 Å². The second kappa shape index (κ2) is 13.9. The molecule has 0 bridgehead atoms. The van der Waals surface area contributed by atoms with Crippen LogP contribution in [-0.4, -0.2) is 102 Å². The van der Waals surface area contributed by atoms with Crippen LogP contribution in [0.15, 0.2) is 12.2 Å². The first-order valence-corrected chi connectivity index (χ1v) is 11.9. The fourth-order valence-corrected chi connectivity index (χ4v) is 4.51. The van der Waals surface area contributed by atoms with Crippen molar-refractivity contribution >= 4 is 48.0 Å². The van der Waals surface area contributed by atoms with Crippen LogP contribution in [0.2, 0.25) is 0 Å². The number of imide groups is 2. The molecule has 11 heteroatoms. The minimum absolute atomic E-state index is 0.132. The van der Waals surface area contributed by atoms with Crippen LogP contribution in [0.25, 0.3) is 0 Å². The lowest BCUT2D eigenvalue weighted by molar-refractivity contribution is -0.140. The lowest BCUT2D eigenvalue weighted by Gasteiger charge is -2.15. The number of carbonyl (C=O) groups excluding carboxylic acids is 4. The smallest absolute Gasteiger partial charge is 0.253 e. The first kappa shape index (κ1) is 25.9. The zero-order valence-electron chi connectivity index (χ0n) is 17.7. The van der Waals surface area contributed by atoms with E-state index in [0.29, 0.717) is 26.4 Å². The van der Waals surface area contributed by atoms with Gasteiger partial charge in [0.05, 0.1) is 58.0 Å². The van der Waals surface area contributed by atoms with Crippen molar-refractivity contribution < 1.29 is 33.4 Å². The molecule has 4 amide bonds. The van der Waals surface area contributed by atoms with Crippen LogP contribution < -0.4 is 0 Å². The standard InChI is InChI=1S/C20H30N2O7S2/c1-15(30)4-13-31-16-14-19(25)22(20(16)26)6-8-28-10-12-29-11-9-27-7-5-21-17(23)2-3-18(21)24/h2-3,15-16,30H,4-14H2,1H3. The van der Waals surface area contributed by atoms with Gasteiger partial charge >= 0.3 is 0 Å². The van der Waals surface area contributed by atoms with Crippen molar-refractivity contribution in [2.75, 3.05) is 58.5 Å². The molecule has 0 aromatic carbocycles. The molecule has 2 atom stereocenters. The van der Waals surface area contributed by atoms with E-state index >= 15 is 0 Å². The summed E-state index contributed by atoms with van der Waals surface area (Å²) >= 11 is 5.84. The Balaban J connectivity index is 1.43. The summed E-state index contributed by atoms with van der Waals surface area (Å²) in [4.78, 5) is 49.5. The molecule has 0 spiro atoms. The van der Waals surface area contributed by atoms with E-state index < -0.39 is 0 Å². The average molecular weight is 475 g/mol. The summed E-state index contributed by atoms with van der Waals surface area (Å²) in [6.07, 6.45) is 3.63. The molecule has 0 aromatic rings. The van der Waals surface area contributed by atoms with Crippen molar-refractivity contribution in [3.05, 3.63) is 12.2 Å². The number of thiol groups is 1. The Morgan fingerprint density at radius 2 is 1.45 bits per heavy atom. The molecule has 0 saturated carbocycles. The van der Waals surface area contributed by atoms with Crippen molar-refractivity contribution in [3.63, 3.8) is 0 Å². The highest BCUT2D eigenvalue weighted by Gasteiger charge is 2.38. The van der Waals surface area contributed by atoms with Crippen LogP contribution >= 0.6 is 24.4 Å². The number of likely N-dealkylation sites (tertiary alicyclic amines) is 1.